The minimum Gasteiger partial charge on any atom is -0.489 e. The summed E-state index contributed by atoms with van der Waals surface area (Å²) in [6, 6.07) is 8.44. The fourth-order valence-electron chi connectivity index (χ4n) is 2.87. The van der Waals surface area contributed by atoms with Crippen LogP contribution in [0.2, 0.25) is 0 Å². The van der Waals surface area contributed by atoms with Gasteiger partial charge in [-0.25, -0.2) is 0 Å². The lowest BCUT2D eigenvalue weighted by Gasteiger charge is -2.11. The lowest BCUT2D eigenvalue weighted by Crippen LogP contribution is -2.07. The number of benzene rings is 2. The van der Waals surface area contributed by atoms with Gasteiger partial charge >= 0.3 is 5.97 Å². The van der Waals surface area contributed by atoms with Crippen molar-refractivity contribution in [2.75, 3.05) is 6.61 Å². The predicted octanol–water partition coefficient (Wildman–Crippen LogP) is 4.23. The molecule has 2 aromatic carbocycles. The van der Waals surface area contributed by atoms with Gasteiger partial charge in [-0.1, -0.05) is 17.7 Å². The second-order valence-electron chi connectivity index (χ2n) is 6.45. The molecule has 0 aliphatic rings. The molecule has 0 radical (unpaired) electrons. The van der Waals surface area contributed by atoms with E-state index in [-0.39, 0.29) is 11.8 Å². The third-order valence-electron chi connectivity index (χ3n) is 4.22. The lowest BCUT2D eigenvalue weighted by molar-refractivity contribution is -0.136. The normalized spacial score (nSPS) is 10.9. The number of para-hydroxylation sites is 1. The van der Waals surface area contributed by atoms with Gasteiger partial charge in [0, 0.05) is 11.1 Å². The second kappa shape index (κ2) is 7.04. The smallest absolute Gasteiger partial charge is 0.307 e. The maximum atomic E-state index is 12.8. The lowest BCUT2D eigenvalue weighted by atomic mass is 10.0. The van der Waals surface area contributed by atoms with Crippen molar-refractivity contribution in [3.8, 4) is 5.75 Å². The van der Waals surface area contributed by atoms with Crippen molar-refractivity contribution in [3.05, 3.63) is 63.3 Å². The Kier molecular flexibility index (Phi) is 4.80. The molecule has 0 unspecified atom stereocenters. The summed E-state index contributed by atoms with van der Waals surface area (Å²) in [4.78, 5) is 23.9. The largest absolute Gasteiger partial charge is 0.489 e. The Morgan fingerprint density at radius 3 is 2.58 bits per heavy atom. The summed E-state index contributed by atoms with van der Waals surface area (Å²) < 4.78 is 11.8. The Hall–Kier alpha value is -3.08. The number of aliphatic carboxylic acids is 1. The highest BCUT2D eigenvalue weighted by molar-refractivity contribution is 5.94. The van der Waals surface area contributed by atoms with E-state index >= 15 is 0 Å². The van der Waals surface area contributed by atoms with Gasteiger partial charge in [0.1, 0.15) is 23.5 Å². The number of hydrogen-bond acceptors (Lipinski definition) is 4. The van der Waals surface area contributed by atoms with Crippen LogP contribution >= 0.6 is 0 Å². The van der Waals surface area contributed by atoms with Crippen LogP contribution in [0.15, 0.2) is 51.2 Å². The number of rotatable bonds is 5. The Labute approximate surface area is 150 Å². The summed E-state index contributed by atoms with van der Waals surface area (Å²) in [7, 11) is 0. The van der Waals surface area contributed by atoms with Crippen LogP contribution in [0.25, 0.3) is 21.9 Å². The van der Waals surface area contributed by atoms with Gasteiger partial charge < -0.3 is 14.3 Å². The maximum absolute atomic E-state index is 12.8. The topological polar surface area (TPSA) is 76.7 Å². The number of carbonyl (C=O) groups is 1. The van der Waals surface area contributed by atoms with E-state index in [0.29, 0.717) is 45.4 Å². The van der Waals surface area contributed by atoms with Crippen LogP contribution in [-0.2, 0) is 11.2 Å². The van der Waals surface area contributed by atoms with Crippen LogP contribution in [0, 0.1) is 6.92 Å². The van der Waals surface area contributed by atoms with Gasteiger partial charge in [-0.05, 0) is 45.0 Å². The van der Waals surface area contributed by atoms with Crippen molar-refractivity contribution in [3.63, 3.8) is 0 Å². The highest BCUT2D eigenvalue weighted by Gasteiger charge is 2.16. The third-order valence-corrected chi connectivity index (χ3v) is 4.22. The number of carboxylic acid groups (broad SMARTS) is 1. The molecule has 0 spiro atoms. The van der Waals surface area contributed by atoms with Crippen molar-refractivity contribution in [1.29, 1.82) is 0 Å². The van der Waals surface area contributed by atoms with Gasteiger partial charge in [0.15, 0.2) is 0 Å². The van der Waals surface area contributed by atoms with Crippen molar-refractivity contribution in [1.82, 2.24) is 0 Å². The van der Waals surface area contributed by atoms with Crippen LogP contribution in [0.4, 0.5) is 0 Å². The molecule has 0 saturated carbocycles. The fourth-order valence-corrected chi connectivity index (χ4v) is 2.87. The van der Waals surface area contributed by atoms with E-state index in [9.17, 15) is 9.59 Å². The van der Waals surface area contributed by atoms with E-state index in [0.717, 1.165) is 5.57 Å². The Bertz CT molecular complexity index is 1080. The molecule has 1 heterocycles. The first kappa shape index (κ1) is 17.7. The molecule has 0 atom stereocenters. The highest BCUT2D eigenvalue weighted by Crippen LogP contribution is 2.29. The molecule has 1 N–H and O–H groups in total. The second-order valence-corrected chi connectivity index (χ2v) is 6.45. The van der Waals surface area contributed by atoms with E-state index in [2.05, 4.69) is 0 Å². The van der Waals surface area contributed by atoms with Crippen LogP contribution in [0.5, 0.6) is 5.75 Å². The minimum atomic E-state index is -0.976. The van der Waals surface area contributed by atoms with Crippen molar-refractivity contribution in [2.45, 2.75) is 27.2 Å². The molecule has 1 aromatic heterocycles. The van der Waals surface area contributed by atoms with Gasteiger partial charge in [-0.15, -0.1) is 0 Å². The quantitative estimate of drug-likeness (QED) is 0.549. The summed E-state index contributed by atoms with van der Waals surface area (Å²) in [5.41, 5.74) is 2.91. The number of fused-ring (bicyclic) bond motifs is 2. The zero-order valence-electron chi connectivity index (χ0n) is 15.0. The van der Waals surface area contributed by atoms with E-state index < -0.39 is 5.97 Å². The zero-order chi connectivity index (χ0) is 18.8. The molecule has 134 valence electrons. The summed E-state index contributed by atoms with van der Waals surface area (Å²) in [5, 5.41) is 9.94. The minimum absolute atomic E-state index is 0.174. The van der Waals surface area contributed by atoms with Crippen LogP contribution in [-0.4, -0.2) is 17.7 Å². The van der Waals surface area contributed by atoms with Crippen molar-refractivity contribution < 1.29 is 19.1 Å². The molecule has 0 aliphatic heterocycles. The zero-order valence-corrected chi connectivity index (χ0v) is 15.0. The molecule has 5 nitrogen and oxygen atoms in total. The van der Waals surface area contributed by atoms with Gasteiger partial charge in [-0.2, -0.15) is 0 Å². The Balaban J connectivity index is 2.21. The average Bonchev–Trinajstić information content (AvgIpc) is 2.57. The monoisotopic (exact) mass is 352 g/mol. The third kappa shape index (κ3) is 3.33. The van der Waals surface area contributed by atoms with E-state index in [4.69, 9.17) is 14.3 Å². The molecule has 0 aliphatic carbocycles. The number of aryl methyl sites for hydroxylation is 1. The number of carboxylic acids is 1. The summed E-state index contributed by atoms with van der Waals surface area (Å²) in [6.45, 7) is 6.24. The molecular formula is C21H20O5. The first-order valence-electron chi connectivity index (χ1n) is 8.34. The molecule has 3 rings (SSSR count). The molecule has 5 heteroatoms. The highest BCUT2D eigenvalue weighted by atomic mass is 16.5. The maximum Gasteiger partial charge on any atom is 0.307 e. The van der Waals surface area contributed by atoms with Crippen LogP contribution < -0.4 is 10.2 Å². The van der Waals surface area contributed by atoms with Crippen molar-refractivity contribution in [2.24, 2.45) is 0 Å². The van der Waals surface area contributed by atoms with Gasteiger partial charge in [0.2, 0.25) is 5.43 Å². The predicted molar refractivity (Wildman–Crippen MR) is 101 cm³/mol. The summed E-state index contributed by atoms with van der Waals surface area (Å²) in [5.74, 6) is -0.344. The fraction of sp³-hybridized carbons (Fsp3) is 0.238. The molecule has 3 aromatic rings. The molecule has 0 fully saturated rings. The van der Waals surface area contributed by atoms with Crippen LogP contribution in [0.3, 0.4) is 0 Å². The first-order valence-corrected chi connectivity index (χ1v) is 8.34. The number of ether oxygens (including phenoxy) is 1. The van der Waals surface area contributed by atoms with Gasteiger partial charge in [0.05, 0.1) is 17.2 Å². The average molecular weight is 352 g/mol. The standard InChI is InChI=1S/C21H20O5/c1-12(2)9-10-25-17-8-7-16-19(24)15-6-4-5-14(11-18(22)23)21(15)26-20(16)13(17)3/h4-9H,10-11H2,1-3H3,(H,22,23). The number of allylic oxidation sites excluding steroid dienone is 1. The Morgan fingerprint density at radius 2 is 1.88 bits per heavy atom. The van der Waals surface area contributed by atoms with E-state index in [1.54, 1.807) is 30.3 Å². The van der Waals surface area contributed by atoms with Gasteiger partial charge in [0.25, 0.3) is 0 Å². The van der Waals surface area contributed by atoms with E-state index in [1.807, 2.05) is 26.8 Å². The van der Waals surface area contributed by atoms with Gasteiger partial charge in [-0.3, -0.25) is 9.59 Å². The molecule has 0 saturated heterocycles. The first-order chi connectivity index (χ1) is 12.4. The Morgan fingerprint density at radius 1 is 1.15 bits per heavy atom. The molecule has 0 amide bonds. The molecule has 26 heavy (non-hydrogen) atoms. The summed E-state index contributed by atoms with van der Waals surface area (Å²) >= 11 is 0. The van der Waals surface area contributed by atoms with Crippen LogP contribution in [0.1, 0.15) is 25.0 Å². The summed E-state index contributed by atoms with van der Waals surface area (Å²) in [6.07, 6.45) is 1.76. The van der Waals surface area contributed by atoms with Crippen molar-refractivity contribution >= 4 is 27.9 Å². The number of hydrogen-bond donors (Lipinski definition) is 1. The molecule has 0 bridgehead atoms. The van der Waals surface area contributed by atoms with E-state index in [1.165, 1.54) is 0 Å². The SMILES string of the molecule is CC(C)=CCOc1ccc2c(=O)c3cccc(CC(=O)O)c3oc2c1C. The molecular weight excluding hydrogens is 332 g/mol.